The molecule has 2 aromatic carbocycles. The highest BCUT2D eigenvalue weighted by molar-refractivity contribution is 6.31. The topological polar surface area (TPSA) is 68.1 Å². The van der Waals surface area contributed by atoms with Gasteiger partial charge in [-0.15, -0.1) is 0 Å². The van der Waals surface area contributed by atoms with Crippen LogP contribution in [0.3, 0.4) is 0 Å². The van der Waals surface area contributed by atoms with Crippen LogP contribution in [0, 0.1) is 0 Å². The number of hydrogen-bond acceptors (Lipinski definition) is 3. The molecular weight excluding hydrogens is 357 g/mol. The quantitative estimate of drug-likeness (QED) is 0.701. The molecule has 0 spiro atoms. The van der Waals surface area contributed by atoms with Crippen LogP contribution in [-0.4, -0.2) is 12.1 Å². The maximum Gasteiger partial charge on any atom is 0.416 e. The minimum Gasteiger partial charge on any atom is -0.496 e. The molecular formula is C17H12ClF3N2O2. The van der Waals surface area contributed by atoms with Gasteiger partial charge in [-0.25, -0.2) is 0 Å². The number of hydrogen-bond donors (Lipinski definition) is 2. The van der Waals surface area contributed by atoms with Gasteiger partial charge < -0.3 is 15.5 Å². The molecule has 1 aromatic heterocycles. The number of aromatic nitrogens is 1. The van der Waals surface area contributed by atoms with Crippen LogP contribution in [-0.2, 0) is 6.18 Å². The molecule has 25 heavy (non-hydrogen) atoms. The zero-order chi connectivity index (χ0) is 18.4. The number of methoxy groups -OCH3 is 1. The minimum atomic E-state index is -4.53. The number of nitrogens with one attached hydrogen (secondary N) is 1. The third-order valence-electron chi connectivity index (χ3n) is 3.81. The molecule has 0 amide bonds. The van der Waals surface area contributed by atoms with Crippen molar-refractivity contribution >= 4 is 28.2 Å². The Morgan fingerprint density at radius 1 is 1.16 bits per heavy atom. The monoisotopic (exact) mass is 368 g/mol. The van der Waals surface area contributed by atoms with E-state index in [0.717, 1.165) is 12.1 Å². The zero-order valence-corrected chi connectivity index (χ0v) is 13.6. The van der Waals surface area contributed by atoms with E-state index < -0.39 is 17.3 Å². The summed E-state index contributed by atoms with van der Waals surface area (Å²) in [5.41, 5.74) is 4.92. The first kappa shape index (κ1) is 17.2. The summed E-state index contributed by atoms with van der Waals surface area (Å²) in [6, 6.07) is 7.64. The van der Waals surface area contributed by atoms with Crippen molar-refractivity contribution in [3.63, 3.8) is 0 Å². The summed E-state index contributed by atoms with van der Waals surface area (Å²) in [5.74, 6) is 0.334. The van der Waals surface area contributed by atoms with Crippen LogP contribution in [0.15, 0.2) is 41.2 Å². The number of H-pyrrole nitrogens is 1. The Bertz CT molecular complexity index is 1030. The smallest absolute Gasteiger partial charge is 0.416 e. The third-order valence-corrected chi connectivity index (χ3v) is 4.04. The molecule has 130 valence electrons. The Balaban J connectivity index is 2.46. The molecule has 1 heterocycles. The van der Waals surface area contributed by atoms with Crippen molar-refractivity contribution in [1.29, 1.82) is 0 Å². The van der Waals surface area contributed by atoms with Crippen molar-refractivity contribution in [2.75, 3.05) is 12.8 Å². The van der Waals surface area contributed by atoms with Gasteiger partial charge in [0.15, 0.2) is 0 Å². The lowest BCUT2D eigenvalue weighted by atomic mass is 9.97. The molecule has 0 bridgehead atoms. The summed E-state index contributed by atoms with van der Waals surface area (Å²) in [6.07, 6.45) is -4.53. The lowest BCUT2D eigenvalue weighted by Crippen LogP contribution is -2.14. The first-order chi connectivity index (χ1) is 11.7. The molecule has 0 aliphatic rings. The Labute approximate surface area is 145 Å². The Kier molecular flexibility index (Phi) is 4.12. The molecule has 8 heteroatoms. The second-order valence-corrected chi connectivity index (χ2v) is 5.78. The number of nitrogens with two attached hydrogens (primary N) is 1. The third kappa shape index (κ3) is 3.02. The lowest BCUT2D eigenvalue weighted by molar-refractivity contribution is -0.137. The van der Waals surface area contributed by atoms with E-state index in [9.17, 15) is 18.0 Å². The summed E-state index contributed by atoms with van der Waals surface area (Å²) >= 11 is 6.01. The summed E-state index contributed by atoms with van der Waals surface area (Å²) in [6.45, 7) is 0. The Hall–Kier alpha value is -2.67. The Morgan fingerprint density at radius 3 is 2.52 bits per heavy atom. The summed E-state index contributed by atoms with van der Waals surface area (Å²) in [7, 11) is 1.40. The second kappa shape index (κ2) is 6.00. The van der Waals surface area contributed by atoms with Gasteiger partial charge in [0.2, 0.25) is 0 Å². The summed E-state index contributed by atoms with van der Waals surface area (Å²) in [5, 5.41) is 0.475. The van der Waals surface area contributed by atoms with Crippen LogP contribution >= 0.6 is 11.6 Å². The van der Waals surface area contributed by atoms with E-state index in [1.165, 1.54) is 19.2 Å². The number of aromatic amines is 1. The second-order valence-electron chi connectivity index (χ2n) is 5.35. The standard InChI is InChI=1S/C17H12ClF3N2O2/c1-25-13-5-3-9(18)7-11(13)14-10-6-8(17(19,20)21)2-4-12(10)23-16(24)15(14)22/h2-7H,22H2,1H3,(H,23,24). The zero-order valence-electron chi connectivity index (χ0n) is 12.9. The van der Waals surface area contributed by atoms with Gasteiger partial charge in [-0.05, 0) is 36.4 Å². The van der Waals surface area contributed by atoms with E-state index >= 15 is 0 Å². The van der Waals surface area contributed by atoms with Gasteiger partial charge in [0.25, 0.3) is 5.56 Å². The fourth-order valence-corrected chi connectivity index (χ4v) is 2.82. The highest BCUT2D eigenvalue weighted by Gasteiger charge is 2.31. The first-order valence-electron chi connectivity index (χ1n) is 7.09. The first-order valence-corrected chi connectivity index (χ1v) is 7.47. The molecule has 0 unspecified atom stereocenters. The van der Waals surface area contributed by atoms with E-state index in [2.05, 4.69) is 4.98 Å². The molecule has 3 aromatic rings. The number of anilines is 1. The number of ether oxygens (including phenoxy) is 1. The van der Waals surface area contributed by atoms with Crippen molar-refractivity contribution < 1.29 is 17.9 Å². The number of fused-ring (bicyclic) bond motifs is 1. The van der Waals surface area contributed by atoms with Crippen LogP contribution < -0.4 is 16.0 Å². The van der Waals surface area contributed by atoms with E-state index in [-0.39, 0.29) is 22.2 Å². The molecule has 3 N–H and O–H groups in total. The van der Waals surface area contributed by atoms with Crippen LogP contribution in [0.2, 0.25) is 5.02 Å². The van der Waals surface area contributed by atoms with E-state index in [1.807, 2.05) is 0 Å². The van der Waals surface area contributed by atoms with Crippen molar-refractivity contribution in [2.45, 2.75) is 6.18 Å². The lowest BCUT2D eigenvalue weighted by Gasteiger charge is -2.15. The van der Waals surface area contributed by atoms with E-state index in [1.54, 1.807) is 12.1 Å². The van der Waals surface area contributed by atoms with Gasteiger partial charge in [0.05, 0.1) is 12.7 Å². The molecule has 0 radical (unpaired) electrons. The summed E-state index contributed by atoms with van der Waals surface area (Å²) in [4.78, 5) is 14.6. The highest BCUT2D eigenvalue weighted by atomic mass is 35.5. The Morgan fingerprint density at radius 2 is 1.88 bits per heavy atom. The number of pyridine rings is 1. The number of nitrogen functional groups attached to an aromatic ring is 1. The molecule has 0 aliphatic carbocycles. The van der Waals surface area contributed by atoms with E-state index in [0.29, 0.717) is 16.3 Å². The molecule has 0 aliphatic heterocycles. The fraction of sp³-hybridized carbons (Fsp3) is 0.118. The normalized spacial score (nSPS) is 11.7. The van der Waals surface area contributed by atoms with Gasteiger partial charge in [-0.1, -0.05) is 11.6 Å². The molecule has 0 saturated carbocycles. The SMILES string of the molecule is COc1ccc(Cl)cc1-c1c(N)c(=O)[nH]c2ccc(C(F)(F)F)cc12. The number of benzene rings is 2. The van der Waals surface area contributed by atoms with Crippen LogP contribution in [0.4, 0.5) is 18.9 Å². The minimum absolute atomic E-state index is 0.143. The van der Waals surface area contributed by atoms with Gasteiger partial charge in [-0.2, -0.15) is 13.2 Å². The van der Waals surface area contributed by atoms with Crippen molar-refractivity contribution in [2.24, 2.45) is 0 Å². The number of halogens is 4. The van der Waals surface area contributed by atoms with Gasteiger partial charge in [-0.3, -0.25) is 4.79 Å². The van der Waals surface area contributed by atoms with Gasteiger partial charge in [0.1, 0.15) is 11.4 Å². The fourth-order valence-electron chi connectivity index (χ4n) is 2.65. The van der Waals surface area contributed by atoms with Crippen molar-refractivity contribution in [3.05, 3.63) is 57.3 Å². The average Bonchev–Trinajstić information content (AvgIpc) is 2.55. The van der Waals surface area contributed by atoms with E-state index in [4.69, 9.17) is 22.1 Å². The largest absolute Gasteiger partial charge is 0.496 e. The predicted octanol–water partition coefficient (Wildman–Crippen LogP) is 4.46. The number of alkyl halides is 3. The van der Waals surface area contributed by atoms with Crippen molar-refractivity contribution in [1.82, 2.24) is 4.98 Å². The predicted molar refractivity (Wildman–Crippen MR) is 91.0 cm³/mol. The summed E-state index contributed by atoms with van der Waals surface area (Å²) < 4.78 is 44.5. The molecule has 0 atom stereocenters. The molecule has 4 nitrogen and oxygen atoms in total. The van der Waals surface area contributed by atoms with Crippen LogP contribution in [0.5, 0.6) is 5.75 Å². The van der Waals surface area contributed by atoms with Crippen LogP contribution in [0.1, 0.15) is 5.56 Å². The maximum absolute atomic E-state index is 13.1. The number of rotatable bonds is 2. The average molecular weight is 369 g/mol. The molecule has 0 fully saturated rings. The van der Waals surface area contributed by atoms with Crippen molar-refractivity contribution in [3.8, 4) is 16.9 Å². The highest BCUT2D eigenvalue weighted by Crippen LogP contribution is 2.40. The van der Waals surface area contributed by atoms with Crippen LogP contribution in [0.25, 0.3) is 22.0 Å². The molecule has 0 saturated heterocycles. The van der Waals surface area contributed by atoms with Gasteiger partial charge in [0, 0.05) is 27.1 Å². The maximum atomic E-state index is 13.1. The molecule has 3 rings (SSSR count). The van der Waals surface area contributed by atoms with Gasteiger partial charge >= 0.3 is 6.18 Å².